The maximum Gasteiger partial charge on any atom is 0.251 e. The van der Waals surface area contributed by atoms with Crippen molar-refractivity contribution >= 4 is 32.5 Å². The van der Waals surface area contributed by atoms with Crippen LogP contribution in [0, 0.1) is 0 Å². The Bertz CT molecular complexity index is 906. The van der Waals surface area contributed by atoms with Gasteiger partial charge >= 0.3 is 0 Å². The van der Waals surface area contributed by atoms with Gasteiger partial charge in [-0.1, -0.05) is 6.07 Å². The van der Waals surface area contributed by atoms with Gasteiger partial charge in [-0.2, -0.15) is 5.10 Å². The molecule has 0 amide bonds. The van der Waals surface area contributed by atoms with Crippen LogP contribution in [0.25, 0.3) is 16.6 Å². The molecule has 3 heterocycles. The van der Waals surface area contributed by atoms with Gasteiger partial charge in [0.1, 0.15) is 5.65 Å². The van der Waals surface area contributed by atoms with Crippen molar-refractivity contribution in [2.24, 2.45) is 0 Å². The first kappa shape index (κ1) is 14.0. The lowest BCUT2D eigenvalue weighted by atomic mass is 9.93. The van der Waals surface area contributed by atoms with Gasteiger partial charge in [0.2, 0.25) is 0 Å². The molecule has 0 radical (unpaired) electrons. The molecule has 1 aromatic carbocycles. The van der Waals surface area contributed by atoms with Crippen LogP contribution >= 0.6 is 15.9 Å². The van der Waals surface area contributed by atoms with Crippen molar-refractivity contribution < 1.29 is 0 Å². The molecule has 22 heavy (non-hydrogen) atoms. The summed E-state index contributed by atoms with van der Waals surface area (Å²) in [6, 6.07) is 7.63. The van der Waals surface area contributed by atoms with Crippen LogP contribution in [0.15, 0.2) is 33.5 Å². The predicted molar refractivity (Wildman–Crippen MR) is 90.5 cm³/mol. The SMILES string of the molecule is CN1CCC(c2cc(=O)[nH]c3c4c(Br)cccc4nn23)CC1. The first-order valence-electron chi connectivity index (χ1n) is 7.52. The second-order valence-electron chi connectivity index (χ2n) is 6.03. The molecule has 3 aromatic rings. The van der Waals surface area contributed by atoms with Gasteiger partial charge in [-0.05, 0) is 61.0 Å². The third-order valence-corrected chi connectivity index (χ3v) is 5.21. The zero-order valence-electron chi connectivity index (χ0n) is 12.3. The van der Waals surface area contributed by atoms with Gasteiger partial charge in [-0.3, -0.25) is 4.79 Å². The van der Waals surface area contributed by atoms with E-state index < -0.39 is 0 Å². The van der Waals surface area contributed by atoms with Gasteiger partial charge in [0.05, 0.1) is 16.6 Å². The highest BCUT2D eigenvalue weighted by molar-refractivity contribution is 9.10. The van der Waals surface area contributed by atoms with Crippen molar-refractivity contribution in [3.05, 3.63) is 44.8 Å². The summed E-state index contributed by atoms with van der Waals surface area (Å²) in [6.07, 6.45) is 2.12. The standard InChI is InChI=1S/C16H17BrN4O/c1-20-7-5-10(6-8-20)13-9-14(22)18-16-15-11(17)3-2-4-12(15)19-21(13)16/h2-4,9-10H,5-8H2,1H3,(H,18,22). The van der Waals surface area contributed by atoms with E-state index in [4.69, 9.17) is 5.10 Å². The fourth-order valence-corrected chi connectivity index (χ4v) is 3.88. The van der Waals surface area contributed by atoms with Crippen molar-refractivity contribution in [3.8, 4) is 0 Å². The molecular weight excluding hydrogens is 344 g/mol. The molecule has 0 saturated carbocycles. The van der Waals surface area contributed by atoms with E-state index in [1.807, 2.05) is 22.7 Å². The lowest BCUT2D eigenvalue weighted by molar-refractivity contribution is 0.252. The Morgan fingerprint density at radius 2 is 2.09 bits per heavy atom. The zero-order chi connectivity index (χ0) is 15.3. The molecule has 6 heteroatoms. The molecule has 0 spiro atoms. The molecule has 5 nitrogen and oxygen atoms in total. The number of hydrogen-bond acceptors (Lipinski definition) is 3. The van der Waals surface area contributed by atoms with Gasteiger partial charge in [-0.25, -0.2) is 4.52 Å². The highest BCUT2D eigenvalue weighted by Gasteiger charge is 2.23. The Kier molecular flexibility index (Phi) is 3.31. The van der Waals surface area contributed by atoms with Crippen LogP contribution in [-0.2, 0) is 0 Å². The second kappa shape index (κ2) is 5.21. The van der Waals surface area contributed by atoms with E-state index in [2.05, 4.69) is 32.9 Å². The molecule has 1 N–H and O–H groups in total. The second-order valence-corrected chi connectivity index (χ2v) is 6.88. The topological polar surface area (TPSA) is 53.4 Å². The molecule has 4 rings (SSSR count). The maximum absolute atomic E-state index is 12.1. The molecule has 0 aliphatic carbocycles. The number of benzene rings is 1. The Hall–Kier alpha value is -1.66. The van der Waals surface area contributed by atoms with Gasteiger partial charge in [0, 0.05) is 16.5 Å². The number of aromatic nitrogens is 3. The molecule has 1 aliphatic rings. The summed E-state index contributed by atoms with van der Waals surface area (Å²) in [5, 5.41) is 5.68. The van der Waals surface area contributed by atoms with E-state index in [0.717, 1.165) is 52.6 Å². The molecule has 1 fully saturated rings. The van der Waals surface area contributed by atoms with E-state index in [0.29, 0.717) is 5.92 Å². The van der Waals surface area contributed by atoms with Crippen molar-refractivity contribution in [1.82, 2.24) is 19.5 Å². The molecule has 1 aliphatic heterocycles. The average molecular weight is 361 g/mol. The van der Waals surface area contributed by atoms with E-state index in [1.165, 1.54) is 0 Å². The third-order valence-electron chi connectivity index (χ3n) is 4.55. The maximum atomic E-state index is 12.1. The van der Waals surface area contributed by atoms with Gasteiger partial charge in [0.15, 0.2) is 0 Å². The number of H-pyrrole nitrogens is 1. The van der Waals surface area contributed by atoms with Crippen molar-refractivity contribution in [3.63, 3.8) is 0 Å². The minimum atomic E-state index is -0.0565. The molecule has 114 valence electrons. The first-order valence-corrected chi connectivity index (χ1v) is 8.31. The molecule has 0 bridgehead atoms. The number of nitrogens with zero attached hydrogens (tertiary/aromatic N) is 3. The number of likely N-dealkylation sites (tertiary alicyclic amines) is 1. The smallest absolute Gasteiger partial charge is 0.251 e. The lowest BCUT2D eigenvalue weighted by Crippen LogP contribution is -2.30. The van der Waals surface area contributed by atoms with Crippen LogP contribution in [-0.4, -0.2) is 39.6 Å². The lowest BCUT2D eigenvalue weighted by Gasteiger charge is -2.29. The van der Waals surface area contributed by atoms with E-state index in [-0.39, 0.29) is 5.56 Å². The molecule has 0 atom stereocenters. The van der Waals surface area contributed by atoms with Gasteiger partial charge in [0.25, 0.3) is 5.56 Å². The highest BCUT2D eigenvalue weighted by atomic mass is 79.9. The predicted octanol–water partition coefficient (Wildman–Crippen LogP) is 2.75. The molecule has 0 unspecified atom stereocenters. The van der Waals surface area contributed by atoms with Crippen LogP contribution in [0.4, 0.5) is 0 Å². The number of rotatable bonds is 1. The largest absolute Gasteiger partial charge is 0.306 e. The number of hydrogen-bond donors (Lipinski definition) is 1. The van der Waals surface area contributed by atoms with E-state index in [9.17, 15) is 4.79 Å². The zero-order valence-corrected chi connectivity index (χ0v) is 13.9. The van der Waals surface area contributed by atoms with Crippen LogP contribution in [0.3, 0.4) is 0 Å². The Balaban J connectivity index is 1.97. The minimum Gasteiger partial charge on any atom is -0.306 e. The fourth-order valence-electron chi connectivity index (χ4n) is 3.34. The van der Waals surface area contributed by atoms with Gasteiger partial charge in [-0.15, -0.1) is 0 Å². The molecule has 1 saturated heterocycles. The molecule has 2 aromatic heterocycles. The Morgan fingerprint density at radius 3 is 2.86 bits per heavy atom. The monoisotopic (exact) mass is 360 g/mol. The summed E-state index contributed by atoms with van der Waals surface area (Å²) in [7, 11) is 2.14. The Morgan fingerprint density at radius 1 is 1.32 bits per heavy atom. The van der Waals surface area contributed by atoms with Crippen LogP contribution < -0.4 is 5.56 Å². The highest BCUT2D eigenvalue weighted by Crippen LogP contribution is 2.31. The van der Waals surface area contributed by atoms with Crippen LogP contribution in [0.2, 0.25) is 0 Å². The summed E-state index contributed by atoms with van der Waals surface area (Å²) in [5.74, 6) is 0.383. The quantitative estimate of drug-likeness (QED) is 0.725. The third kappa shape index (κ3) is 2.18. The Labute approximate surface area is 136 Å². The summed E-state index contributed by atoms with van der Waals surface area (Å²) < 4.78 is 2.88. The molecular formula is C16H17BrN4O. The number of nitrogens with one attached hydrogen (secondary N) is 1. The fraction of sp³-hybridized carbons (Fsp3) is 0.375. The summed E-state index contributed by atoms with van der Waals surface area (Å²) in [4.78, 5) is 17.4. The van der Waals surface area contributed by atoms with Gasteiger partial charge < -0.3 is 9.88 Å². The van der Waals surface area contributed by atoms with Crippen molar-refractivity contribution in [2.75, 3.05) is 20.1 Å². The summed E-state index contributed by atoms with van der Waals surface area (Å²) in [6.45, 7) is 2.12. The number of fused-ring (bicyclic) bond motifs is 3. The van der Waals surface area contributed by atoms with E-state index in [1.54, 1.807) is 6.07 Å². The number of halogens is 1. The average Bonchev–Trinajstić information content (AvgIpc) is 2.87. The normalized spacial score (nSPS) is 17.5. The first-order chi connectivity index (χ1) is 10.6. The number of aromatic amines is 1. The van der Waals surface area contributed by atoms with Crippen molar-refractivity contribution in [1.29, 1.82) is 0 Å². The van der Waals surface area contributed by atoms with E-state index >= 15 is 0 Å². The minimum absolute atomic E-state index is 0.0565. The van der Waals surface area contributed by atoms with Crippen LogP contribution in [0.5, 0.6) is 0 Å². The van der Waals surface area contributed by atoms with Crippen molar-refractivity contribution in [2.45, 2.75) is 18.8 Å². The number of piperidine rings is 1. The summed E-state index contributed by atoms with van der Waals surface area (Å²) in [5.41, 5.74) is 2.64. The van der Waals surface area contributed by atoms with Crippen LogP contribution in [0.1, 0.15) is 24.5 Å². The summed E-state index contributed by atoms with van der Waals surface area (Å²) >= 11 is 3.57.